The first-order valence-electron chi connectivity index (χ1n) is 19.9. The first kappa shape index (κ1) is 47.7. The summed E-state index contributed by atoms with van der Waals surface area (Å²) < 4.78 is 21.5. The molecule has 0 aromatic carbocycles. The van der Waals surface area contributed by atoms with Gasteiger partial charge in [0.1, 0.15) is 12.2 Å². The van der Waals surface area contributed by atoms with Gasteiger partial charge in [-0.2, -0.15) is 0 Å². The highest BCUT2D eigenvalue weighted by molar-refractivity contribution is 7.46. The highest BCUT2D eigenvalue weighted by Crippen LogP contribution is 2.36. The molecular formula is C41H75O7P. The van der Waals surface area contributed by atoms with Crippen LogP contribution in [0.4, 0.5) is 0 Å². The fourth-order valence-electron chi connectivity index (χ4n) is 5.59. The molecule has 286 valence electrons. The molecule has 0 saturated heterocycles. The number of ether oxygens (including phenoxy) is 1. The van der Waals surface area contributed by atoms with Crippen LogP contribution in [0.25, 0.3) is 0 Å². The number of phosphoric acid groups is 1. The summed E-state index contributed by atoms with van der Waals surface area (Å²) in [4.78, 5) is 30.9. The lowest BCUT2D eigenvalue weighted by molar-refractivity contribution is -0.138. The lowest BCUT2D eigenvalue weighted by Gasteiger charge is -2.22. The van der Waals surface area contributed by atoms with E-state index in [1.165, 1.54) is 96.3 Å². The molecule has 0 aliphatic rings. The van der Waals surface area contributed by atoms with Crippen molar-refractivity contribution in [3.05, 3.63) is 48.6 Å². The SMILES string of the molecule is CCCCC/C=C\C/C=C\C/C=C\C/C=C\CCCCO[C@@H](COP(=O)(O)O)C(O)C(=O)CCCCCCCCCCCCCCCCC. The van der Waals surface area contributed by atoms with Crippen LogP contribution in [-0.4, -0.2) is 46.1 Å². The number of hydrogen-bond acceptors (Lipinski definition) is 5. The summed E-state index contributed by atoms with van der Waals surface area (Å²) in [7, 11) is -4.75. The maximum absolute atomic E-state index is 12.6. The molecule has 0 aromatic heterocycles. The summed E-state index contributed by atoms with van der Waals surface area (Å²) in [6.07, 6.45) is 44.0. The minimum absolute atomic E-state index is 0.223. The molecule has 3 N–H and O–H groups in total. The zero-order chi connectivity index (χ0) is 36.1. The van der Waals surface area contributed by atoms with Gasteiger partial charge in [-0.05, 0) is 57.8 Å². The van der Waals surface area contributed by atoms with Gasteiger partial charge in [0.05, 0.1) is 6.61 Å². The molecule has 8 heteroatoms. The molecule has 0 fully saturated rings. The maximum atomic E-state index is 12.6. The molecule has 0 aliphatic carbocycles. The van der Waals surface area contributed by atoms with Gasteiger partial charge in [0.15, 0.2) is 5.78 Å². The van der Waals surface area contributed by atoms with E-state index in [4.69, 9.17) is 14.5 Å². The lowest BCUT2D eigenvalue weighted by atomic mass is 10.0. The maximum Gasteiger partial charge on any atom is 0.469 e. The molecule has 0 bridgehead atoms. The number of hydrogen-bond donors (Lipinski definition) is 3. The van der Waals surface area contributed by atoms with Gasteiger partial charge in [-0.3, -0.25) is 9.32 Å². The van der Waals surface area contributed by atoms with Crippen LogP contribution < -0.4 is 0 Å². The van der Waals surface area contributed by atoms with E-state index in [-0.39, 0.29) is 18.8 Å². The molecule has 7 nitrogen and oxygen atoms in total. The van der Waals surface area contributed by atoms with Crippen molar-refractivity contribution in [1.82, 2.24) is 0 Å². The van der Waals surface area contributed by atoms with E-state index in [0.29, 0.717) is 12.8 Å². The predicted octanol–water partition coefficient (Wildman–Crippen LogP) is 11.8. The molecule has 1 unspecified atom stereocenters. The molecule has 0 heterocycles. The van der Waals surface area contributed by atoms with E-state index < -0.39 is 26.6 Å². The zero-order valence-corrected chi connectivity index (χ0v) is 32.4. The lowest BCUT2D eigenvalue weighted by Crippen LogP contribution is -2.39. The van der Waals surface area contributed by atoms with Crippen molar-refractivity contribution in [3.63, 3.8) is 0 Å². The Labute approximate surface area is 301 Å². The van der Waals surface area contributed by atoms with E-state index in [1.54, 1.807) is 0 Å². The monoisotopic (exact) mass is 711 g/mol. The molecule has 2 atom stereocenters. The molecule has 0 saturated carbocycles. The third-order valence-electron chi connectivity index (χ3n) is 8.67. The van der Waals surface area contributed by atoms with Gasteiger partial charge in [0.25, 0.3) is 0 Å². The third kappa shape index (κ3) is 36.3. The first-order chi connectivity index (χ1) is 23.8. The molecule has 0 aromatic rings. The van der Waals surface area contributed by atoms with Gasteiger partial charge in [0.2, 0.25) is 0 Å². The Morgan fingerprint density at radius 2 is 0.959 bits per heavy atom. The van der Waals surface area contributed by atoms with Gasteiger partial charge in [-0.15, -0.1) is 0 Å². The average molecular weight is 711 g/mol. The summed E-state index contributed by atoms with van der Waals surface area (Å²) >= 11 is 0. The van der Waals surface area contributed by atoms with Crippen LogP contribution in [0.1, 0.15) is 181 Å². The Balaban J connectivity index is 4.06. The van der Waals surface area contributed by atoms with Gasteiger partial charge in [0, 0.05) is 13.0 Å². The first-order valence-corrected chi connectivity index (χ1v) is 21.5. The number of rotatable bonds is 37. The second-order valence-electron chi connectivity index (χ2n) is 13.4. The fourth-order valence-corrected chi connectivity index (χ4v) is 5.93. The molecular weight excluding hydrogens is 635 g/mol. The van der Waals surface area contributed by atoms with Crippen molar-refractivity contribution < 1.29 is 33.5 Å². The van der Waals surface area contributed by atoms with Crippen LogP contribution in [-0.2, 0) is 18.6 Å². The van der Waals surface area contributed by atoms with Crippen LogP contribution in [0, 0.1) is 0 Å². The van der Waals surface area contributed by atoms with E-state index in [1.807, 2.05) is 0 Å². The van der Waals surface area contributed by atoms with E-state index >= 15 is 0 Å². The Morgan fingerprint density at radius 1 is 0.571 bits per heavy atom. The van der Waals surface area contributed by atoms with Crippen molar-refractivity contribution in [3.8, 4) is 0 Å². The van der Waals surface area contributed by atoms with Crippen LogP contribution in [0.5, 0.6) is 0 Å². The quantitative estimate of drug-likeness (QED) is 0.0334. The molecule has 0 amide bonds. The predicted molar refractivity (Wildman–Crippen MR) is 207 cm³/mol. The smallest absolute Gasteiger partial charge is 0.382 e. The molecule has 0 spiro atoms. The highest BCUT2D eigenvalue weighted by atomic mass is 31.2. The summed E-state index contributed by atoms with van der Waals surface area (Å²) in [6.45, 7) is 4.22. The van der Waals surface area contributed by atoms with Crippen LogP contribution in [0.3, 0.4) is 0 Å². The van der Waals surface area contributed by atoms with E-state index in [2.05, 4.69) is 67.0 Å². The Kier molecular flexibility index (Phi) is 35.5. The average Bonchev–Trinajstić information content (AvgIpc) is 3.08. The summed E-state index contributed by atoms with van der Waals surface area (Å²) in [5, 5.41) is 10.6. The van der Waals surface area contributed by atoms with Crippen molar-refractivity contribution in [2.75, 3.05) is 13.2 Å². The number of aliphatic hydroxyl groups excluding tert-OH is 1. The van der Waals surface area contributed by atoms with Crippen molar-refractivity contribution >= 4 is 13.6 Å². The molecule has 0 radical (unpaired) electrons. The third-order valence-corrected chi connectivity index (χ3v) is 9.16. The van der Waals surface area contributed by atoms with Gasteiger partial charge >= 0.3 is 7.82 Å². The van der Waals surface area contributed by atoms with Crippen LogP contribution >= 0.6 is 7.82 Å². The molecule has 49 heavy (non-hydrogen) atoms. The number of phosphoric ester groups is 1. The number of allylic oxidation sites excluding steroid dienone is 8. The van der Waals surface area contributed by atoms with Gasteiger partial charge in [-0.25, -0.2) is 4.57 Å². The number of aliphatic hydroxyl groups is 1. The number of carbonyl (C=O) groups excluding carboxylic acids is 1. The molecule has 0 aliphatic heterocycles. The molecule has 0 rings (SSSR count). The standard InChI is InChI=1S/C41H75O7P/c1-3-5-7-9-11-13-15-17-19-20-21-23-25-27-29-31-33-35-37-47-40(38-48-49(44,45)46)41(43)39(42)36-34-32-30-28-26-24-22-18-16-14-12-10-8-6-4-2/h11,13,17,19,21,23,27,29,40-41,43H,3-10,12,14-16,18,20,22,24-26,28,30-38H2,1-2H3,(H2,44,45,46)/b13-11-,19-17-,23-21-,29-27-/t40-,41?/m0/s1. The van der Waals surface area contributed by atoms with E-state index in [9.17, 15) is 14.5 Å². The Bertz CT molecular complexity index is 892. The Morgan fingerprint density at radius 3 is 1.41 bits per heavy atom. The Hall–Kier alpha value is -1.34. The topological polar surface area (TPSA) is 113 Å². The summed E-state index contributed by atoms with van der Waals surface area (Å²) in [6, 6.07) is 0. The number of ketones is 1. The summed E-state index contributed by atoms with van der Waals surface area (Å²) in [5.74, 6) is -0.366. The summed E-state index contributed by atoms with van der Waals surface area (Å²) in [5.41, 5.74) is 0. The van der Waals surface area contributed by atoms with Gasteiger partial charge < -0.3 is 19.6 Å². The minimum atomic E-state index is -4.75. The second kappa shape index (κ2) is 36.5. The minimum Gasteiger partial charge on any atom is -0.382 e. The van der Waals surface area contributed by atoms with E-state index in [0.717, 1.165) is 51.4 Å². The van der Waals surface area contributed by atoms with Crippen LogP contribution in [0.2, 0.25) is 0 Å². The number of carbonyl (C=O) groups is 1. The highest BCUT2D eigenvalue weighted by Gasteiger charge is 2.29. The van der Waals surface area contributed by atoms with Crippen molar-refractivity contribution in [1.29, 1.82) is 0 Å². The second-order valence-corrected chi connectivity index (χ2v) is 14.6. The normalized spacial score (nSPS) is 13.9. The number of Topliss-reactive ketones (excluding diaryl/α,β-unsaturated/α-hetero) is 1. The van der Waals surface area contributed by atoms with Crippen LogP contribution in [0.15, 0.2) is 48.6 Å². The zero-order valence-electron chi connectivity index (χ0n) is 31.5. The van der Waals surface area contributed by atoms with Crippen molar-refractivity contribution in [2.24, 2.45) is 0 Å². The largest absolute Gasteiger partial charge is 0.469 e. The number of unbranched alkanes of at least 4 members (excludes halogenated alkanes) is 19. The fraction of sp³-hybridized carbons (Fsp3) is 0.780. The van der Waals surface area contributed by atoms with Crippen molar-refractivity contribution in [2.45, 2.75) is 193 Å². The van der Waals surface area contributed by atoms with Gasteiger partial charge in [-0.1, -0.05) is 165 Å².